The third-order valence-corrected chi connectivity index (χ3v) is 6.70. The van der Waals surface area contributed by atoms with E-state index in [1.165, 1.54) is 0 Å². The number of rotatable bonds is 8. The highest BCUT2D eigenvalue weighted by Gasteiger charge is 2.36. The maximum absolute atomic E-state index is 14.2. The highest BCUT2D eigenvalue weighted by atomic mass is 19.1. The second-order valence-electron chi connectivity index (χ2n) is 8.75. The highest BCUT2D eigenvalue weighted by Crippen LogP contribution is 2.43. The van der Waals surface area contributed by atoms with E-state index < -0.39 is 6.04 Å². The summed E-state index contributed by atoms with van der Waals surface area (Å²) in [5.41, 5.74) is 10.6. The van der Waals surface area contributed by atoms with Crippen LogP contribution in [0.15, 0.2) is 60.7 Å². The van der Waals surface area contributed by atoms with Crippen LogP contribution >= 0.6 is 0 Å². The molecule has 5 nitrogen and oxygen atoms in total. The summed E-state index contributed by atoms with van der Waals surface area (Å²) >= 11 is 0. The van der Waals surface area contributed by atoms with Crippen molar-refractivity contribution in [1.29, 1.82) is 0 Å². The minimum absolute atomic E-state index is 0.106. The van der Waals surface area contributed by atoms with E-state index in [2.05, 4.69) is 4.90 Å². The van der Waals surface area contributed by atoms with Crippen LogP contribution in [0.4, 0.5) is 4.39 Å². The fourth-order valence-electron chi connectivity index (χ4n) is 4.93. The lowest BCUT2D eigenvalue weighted by atomic mass is 9.86. The Morgan fingerprint density at radius 3 is 2.44 bits per heavy atom. The van der Waals surface area contributed by atoms with Gasteiger partial charge in [0.1, 0.15) is 11.9 Å². The van der Waals surface area contributed by atoms with E-state index in [4.69, 9.17) is 15.2 Å². The molecule has 1 aliphatic rings. The molecule has 2 N–H and O–H groups in total. The van der Waals surface area contributed by atoms with Gasteiger partial charge < -0.3 is 15.2 Å². The van der Waals surface area contributed by atoms with Gasteiger partial charge in [-0.1, -0.05) is 42.5 Å². The van der Waals surface area contributed by atoms with Gasteiger partial charge in [-0.25, -0.2) is 4.39 Å². The largest absolute Gasteiger partial charge is 0.493 e. The van der Waals surface area contributed by atoms with Crippen molar-refractivity contribution >= 4 is 5.91 Å². The van der Waals surface area contributed by atoms with Crippen molar-refractivity contribution in [3.63, 3.8) is 0 Å². The summed E-state index contributed by atoms with van der Waals surface area (Å²) in [5.74, 6) is 0.735. The lowest BCUT2D eigenvalue weighted by Crippen LogP contribution is -2.44. The number of amides is 1. The van der Waals surface area contributed by atoms with Gasteiger partial charge in [-0.05, 0) is 72.2 Å². The monoisotopic (exact) mass is 462 g/mol. The predicted molar refractivity (Wildman–Crippen MR) is 131 cm³/mol. The lowest BCUT2D eigenvalue weighted by Gasteiger charge is -2.41. The van der Waals surface area contributed by atoms with Gasteiger partial charge in [-0.2, -0.15) is 0 Å². The molecule has 0 saturated carbocycles. The first kappa shape index (κ1) is 23.8. The van der Waals surface area contributed by atoms with Gasteiger partial charge in [-0.3, -0.25) is 9.69 Å². The number of carbonyl (C=O) groups excluding carboxylic acids is 1. The second-order valence-corrected chi connectivity index (χ2v) is 8.75. The van der Waals surface area contributed by atoms with Crippen LogP contribution in [-0.2, 0) is 17.6 Å². The molecule has 3 aromatic carbocycles. The number of hydrogen-bond acceptors (Lipinski definition) is 4. The molecule has 1 aliphatic heterocycles. The summed E-state index contributed by atoms with van der Waals surface area (Å²) in [5, 5.41) is 0. The van der Waals surface area contributed by atoms with Gasteiger partial charge in [0, 0.05) is 12.6 Å². The Morgan fingerprint density at radius 2 is 1.79 bits per heavy atom. The van der Waals surface area contributed by atoms with Gasteiger partial charge in [0.2, 0.25) is 5.91 Å². The van der Waals surface area contributed by atoms with Gasteiger partial charge in [0.25, 0.3) is 0 Å². The number of primary amides is 1. The van der Waals surface area contributed by atoms with Crippen molar-refractivity contribution in [2.45, 2.75) is 38.3 Å². The lowest BCUT2D eigenvalue weighted by molar-refractivity contribution is -0.124. The smallest absolute Gasteiger partial charge is 0.239 e. The number of methoxy groups -OCH3 is 2. The van der Waals surface area contributed by atoms with E-state index in [0.29, 0.717) is 36.4 Å². The Labute approximate surface area is 200 Å². The zero-order chi connectivity index (χ0) is 24.2. The summed E-state index contributed by atoms with van der Waals surface area (Å²) in [4.78, 5) is 14.9. The van der Waals surface area contributed by atoms with E-state index >= 15 is 0 Å². The quantitative estimate of drug-likeness (QED) is 0.517. The molecule has 2 atom stereocenters. The molecule has 0 aliphatic carbocycles. The summed E-state index contributed by atoms with van der Waals surface area (Å²) in [7, 11) is 3.24. The van der Waals surface area contributed by atoms with E-state index in [-0.39, 0.29) is 17.8 Å². The van der Waals surface area contributed by atoms with Gasteiger partial charge in [0.05, 0.1) is 14.2 Å². The minimum atomic E-state index is -0.567. The van der Waals surface area contributed by atoms with Gasteiger partial charge >= 0.3 is 0 Å². The van der Waals surface area contributed by atoms with E-state index in [1.807, 2.05) is 48.5 Å². The topological polar surface area (TPSA) is 64.8 Å². The summed E-state index contributed by atoms with van der Waals surface area (Å²) in [6.07, 6.45) is 2.11. The van der Waals surface area contributed by atoms with Crippen LogP contribution in [0.25, 0.3) is 0 Å². The number of carbonyl (C=O) groups is 1. The molecule has 0 fully saturated rings. The fraction of sp³-hybridized carbons (Fsp3) is 0.321. The van der Waals surface area contributed by atoms with Gasteiger partial charge in [-0.15, -0.1) is 0 Å². The Morgan fingerprint density at radius 1 is 1.09 bits per heavy atom. The Balaban J connectivity index is 1.75. The van der Waals surface area contributed by atoms with Crippen LogP contribution < -0.4 is 15.2 Å². The molecule has 1 heterocycles. The number of halogens is 1. The first-order chi connectivity index (χ1) is 16.4. The SMILES string of the molecule is COc1cc2c(cc1OC)[C@H](CCc1ccc(C)c(F)c1)N([C@@H](C(N)=O)c1ccccc1)CC2. The highest BCUT2D eigenvalue weighted by molar-refractivity contribution is 5.81. The van der Waals surface area contributed by atoms with E-state index in [9.17, 15) is 9.18 Å². The van der Waals surface area contributed by atoms with Crippen molar-refractivity contribution in [3.8, 4) is 11.5 Å². The van der Waals surface area contributed by atoms with Crippen molar-refractivity contribution in [1.82, 2.24) is 4.90 Å². The molecule has 0 radical (unpaired) electrons. The number of hydrogen-bond donors (Lipinski definition) is 1. The molecule has 4 rings (SSSR count). The Kier molecular flexibility index (Phi) is 7.17. The van der Waals surface area contributed by atoms with Crippen LogP contribution in [0.3, 0.4) is 0 Å². The summed E-state index contributed by atoms with van der Waals surface area (Å²) < 4.78 is 25.3. The zero-order valence-corrected chi connectivity index (χ0v) is 19.9. The first-order valence-corrected chi connectivity index (χ1v) is 11.5. The molecule has 178 valence electrons. The number of fused-ring (bicyclic) bond motifs is 1. The average Bonchev–Trinajstić information content (AvgIpc) is 2.84. The van der Waals surface area contributed by atoms with Crippen molar-refractivity contribution in [2.75, 3.05) is 20.8 Å². The Bertz CT molecular complexity index is 1170. The number of ether oxygens (including phenoxy) is 2. The van der Waals surface area contributed by atoms with Crippen molar-refractivity contribution in [3.05, 3.63) is 94.3 Å². The Hall–Kier alpha value is -3.38. The van der Waals surface area contributed by atoms with Crippen LogP contribution in [-0.4, -0.2) is 31.6 Å². The number of aryl methyl sites for hydroxylation is 2. The molecule has 1 amide bonds. The van der Waals surface area contributed by atoms with Crippen molar-refractivity contribution in [2.24, 2.45) is 5.73 Å². The zero-order valence-electron chi connectivity index (χ0n) is 19.9. The molecule has 0 unspecified atom stereocenters. The van der Waals surface area contributed by atoms with E-state index in [1.54, 1.807) is 33.3 Å². The fourth-order valence-corrected chi connectivity index (χ4v) is 4.93. The number of nitrogens with two attached hydrogens (primary N) is 1. The maximum Gasteiger partial charge on any atom is 0.239 e. The molecule has 6 heteroatoms. The molecule has 0 bridgehead atoms. The second kappa shape index (κ2) is 10.3. The normalized spacial score (nSPS) is 16.5. The summed E-state index contributed by atoms with van der Waals surface area (Å²) in [6, 6.07) is 18.3. The molecule has 0 aromatic heterocycles. The predicted octanol–water partition coefficient (Wildman–Crippen LogP) is 4.91. The molecular weight excluding hydrogens is 431 g/mol. The molecule has 0 saturated heterocycles. The molecule has 3 aromatic rings. The molecule has 34 heavy (non-hydrogen) atoms. The van der Waals surface area contributed by atoms with Crippen LogP contribution in [0.5, 0.6) is 11.5 Å². The third-order valence-electron chi connectivity index (χ3n) is 6.70. The van der Waals surface area contributed by atoms with Crippen molar-refractivity contribution < 1.29 is 18.7 Å². The van der Waals surface area contributed by atoms with Crippen LogP contribution in [0, 0.1) is 12.7 Å². The first-order valence-electron chi connectivity index (χ1n) is 11.5. The third kappa shape index (κ3) is 4.77. The maximum atomic E-state index is 14.2. The molecule has 0 spiro atoms. The minimum Gasteiger partial charge on any atom is -0.493 e. The van der Waals surface area contributed by atoms with Crippen LogP contribution in [0.1, 0.15) is 46.3 Å². The number of benzene rings is 3. The average molecular weight is 463 g/mol. The molecular formula is C28H31FN2O3. The van der Waals surface area contributed by atoms with Crippen LogP contribution in [0.2, 0.25) is 0 Å². The number of nitrogens with zero attached hydrogens (tertiary/aromatic N) is 1. The standard InChI is InChI=1S/C28H31FN2O3/c1-18-9-10-19(15-23(18)29)11-12-24-22-17-26(34-3)25(33-2)16-21(22)13-14-31(24)27(28(30)32)20-7-5-4-6-8-20/h4-10,15-17,24,27H,11-14H2,1-3H3,(H2,30,32)/t24-,27+/m0/s1. The summed E-state index contributed by atoms with van der Waals surface area (Å²) in [6.45, 7) is 2.42. The van der Waals surface area contributed by atoms with E-state index in [0.717, 1.165) is 28.7 Å². The van der Waals surface area contributed by atoms with Gasteiger partial charge in [0.15, 0.2) is 11.5 Å².